The zero-order valence-corrected chi connectivity index (χ0v) is 11.3. The Hall–Kier alpha value is -1.30. The molecule has 0 N–H and O–H groups in total. The lowest BCUT2D eigenvalue weighted by Crippen LogP contribution is -2.40. The van der Waals surface area contributed by atoms with Gasteiger partial charge in [-0.15, -0.1) is 0 Å². The van der Waals surface area contributed by atoms with Gasteiger partial charge in [0.25, 0.3) is 5.56 Å². The van der Waals surface area contributed by atoms with Crippen LogP contribution in [-0.2, 0) is 14.1 Å². The van der Waals surface area contributed by atoms with E-state index in [1.165, 1.54) is 11.6 Å². The largest absolute Gasteiger partial charge is 0.363 e. The lowest BCUT2D eigenvalue weighted by molar-refractivity contribution is 0.678. The van der Waals surface area contributed by atoms with Crippen LogP contribution in [-0.4, -0.2) is 23.2 Å². The normalized spacial score (nSPS) is 11.1. The van der Waals surface area contributed by atoms with Crippen LogP contribution in [0.2, 0.25) is 0 Å². The highest BCUT2D eigenvalue weighted by Crippen LogP contribution is 2.13. The fraction of sp³-hybridized carbons (Fsp3) is 0.400. The molecule has 0 aliphatic carbocycles. The van der Waals surface area contributed by atoms with Crippen molar-refractivity contribution in [2.75, 3.05) is 19.0 Å². The molecule has 0 spiro atoms. The highest BCUT2D eigenvalue weighted by Gasteiger charge is 2.14. The second kappa shape index (κ2) is 4.69. The fourth-order valence-electron chi connectivity index (χ4n) is 1.61. The van der Waals surface area contributed by atoms with Crippen LogP contribution >= 0.6 is 15.9 Å². The van der Waals surface area contributed by atoms with Crippen LogP contribution in [0.1, 0.15) is 5.56 Å². The summed E-state index contributed by atoms with van der Waals surface area (Å²) in [7, 11) is 6.69. The summed E-state index contributed by atoms with van der Waals surface area (Å²) in [4.78, 5) is 27.0. The van der Waals surface area contributed by atoms with Gasteiger partial charge in [-0.05, 0) is 11.1 Å². The topological polar surface area (TPSA) is 47.2 Å². The van der Waals surface area contributed by atoms with Crippen LogP contribution < -0.4 is 16.1 Å². The van der Waals surface area contributed by atoms with Crippen LogP contribution in [0.5, 0.6) is 0 Å². The van der Waals surface area contributed by atoms with Crippen LogP contribution in [0.4, 0.5) is 5.82 Å². The lowest BCUT2D eigenvalue weighted by Gasteiger charge is -2.19. The molecule has 1 rings (SSSR count). The first-order chi connectivity index (χ1) is 7.41. The molecule has 0 amide bonds. The van der Waals surface area contributed by atoms with Gasteiger partial charge in [-0.3, -0.25) is 13.9 Å². The molecule has 6 heteroatoms. The first-order valence-corrected chi connectivity index (χ1v) is 5.57. The number of anilines is 1. The van der Waals surface area contributed by atoms with Crippen molar-refractivity contribution in [3.63, 3.8) is 0 Å². The van der Waals surface area contributed by atoms with E-state index in [1.54, 1.807) is 37.1 Å². The zero-order valence-electron chi connectivity index (χ0n) is 9.69. The van der Waals surface area contributed by atoms with Gasteiger partial charge in [0, 0.05) is 28.2 Å². The van der Waals surface area contributed by atoms with Crippen molar-refractivity contribution in [2.45, 2.75) is 0 Å². The molecule has 0 unspecified atom stereocenters. The van der Waals surface area contributed by atoms with Crippen molar-refractivity contribution < 1.29 is 0 Å². The van der Waals surface area contributed by atoms with Crippen molar-refractivity contribution in [2.24, 2.45) is 14.1 Å². The Morgan fingerprint density at radius 1 is 1.19 bits per heavy atom. The third-order valence-electron chi connectivity index (χ3n) is 2.32. The number of halogens is 1. The molecule has 1 heterocycles. The molecule has 1 aromatic rings. The molecule has 0 saturated carbocycles. The van der Waals surface area contributed by atoms with E-state index in [-0.39, 0.29) is 11.2 Å². The van der Waals surface area contributed by atoms with Gasteiger partial charge in [0.15, 0.2) is 0 Å². The Kier molecular flexibility index (Phi) is 3.74. The summed E-state index contributed by atoms with van der Waals surface area (Å²) in [5.41, 5.74) is -0.158. The zero-order chi connectivity index (χ0) is 12.5. The molecule has 0 saturated heterocycles. The SMILES string of the molecule is CN(C)c1c(/C=C/Br)c(=O)n(C)c(=O)n1C. The highest BCUT2D eigenvalue weighted by molar-refractivity contribution is 9.11. The van der Waals surface area contributed by atoms with Crippen molar-refractivity contribution in [1.82, 2.24) is 9.13 Å². The van der Waals surface area contributed by atoms with Crippen LogP contribution in [0, 0.1) is 0 Å². The van der Waals surface area contributed by atoms with Crippen molar-refractivity contribution in [3.05, 3.63) is 31.4 Å². The second-order valence-corrected chi connectivity index (χ2v) is 4.16. The number of rotatable bonds is 2. The minimum Gasteiger partial charge on any atom is -0.363 e. The first-order valence-electron chi connectivity index (χ1n) is 4.66. The number of aromatic nitrogens is 2. The van der Waals surface area contributed by atoms with Crippen molar-refractivity contribution >= 4 is 27.8 Å². The molecule has 0 aliphatic heterocycles. The molecule has 0 bridgehead atoms. The Bertz CT molecular complexity index is 540. The summed E-state index contributed by atoms with van der Waals surface area (Å²) in [5.74, 6) is 0.587. The van der Waals surface area contributed by atoms with E-state index in [0.717, 1.165) is 4.57 Å². The fourth-order valence-corrected chi connectivity index (χ4v) is 1.87. The smallest absolute Gasteiger partial charge is 0.332 e. The monoisotopic (exact) mass is 287 g/mol. The third kappa shape index (κ3) is 1.97. The molecule has 0 aliphatic rings. The maximum absolute atomic E-state index is 11.9. The van der Waals surface area contributed by atoms with Crippen LogP contribution in [0.15, 0.2) is 14.6 Å². The third-order valence-corrected chi connectivity index (χ3v) is 2.59. The van der Waals surface area contributed by atoms with E-state index in [2.05, 4.69) is 15.9 Å². The molecule has 88 valence electrons. The van der Waals surface area contributed by atoms with Crippen molar-refractivity contribution in [1.29, 1.82) is 0 Å². The predicted octanol–water partition coefficient (Wildman–Crippen LogP) is 0.516. The second-order valence-electron chi connectivity index (χ2n) is 3.63. The van der Waals surface area contributed by atoms with Crippen molar-refractivity contribution in [3.8, 4) is 0 Å². The average molecular weight is 288 g/mol. The maximum atomic E-state index is 11.9. The summed E-state index contributed by atoms with van der Waals surface area (Å²) >= 11 is 3.14. The van der Waals surface area contributed by atoms with Gasteiger partial charge >= 0.3 is 5.69 Å². The quantitative estimate of drug-likeness (QED) is 0.797. The molecule has 0 fully saturated rings. The molecule has 16 heavy (non-hydrogen) atoms. The van der Waals surface area contributed by atoms with Crippen LogP contribution in [0.3, 0.4) is 0 Å². The van der Waals surface area contributed by atoms with E-state index in [9.17, 15) is 9.59 Å². The van der Waals surface area contributed by atoms with Gasteiger partial charge in [0.2, 0.25) is 0 Å². The highest BCUT2D eigenvalue weighted by atomic mass is 79.9. The summed E-state index contributed by atoms with van der Waals surface area (Å²) < 4.78 is 2.54. The first kappa shape index (κ1) is 12.8. The molecule has 5 nitrogen and oxygen atoms in total. The van der Waals surface area contributed by atoms with Crippen LogP contribution in [0.25, 0.3) is 6.08 Å². The Morgan fingerprint density at radius 2 is 1.75 bits per heavy atom. The molecule has 0 radical (unpaired) electrons. The van der Waals surface area contributed by atoms with Gasteiger partial charge < -0.3 is 4.90 Å². The lowest BCUT2D eigenvalue weighted by atomic mass is 10.3. The number of hydrogen-bond acceptors (Lipinski definition) is 3. The minimum absolute atomic E-state index is 0.303. The summed E-state index contributed by atoms with van der Waals surface area (Å²) in [5, 5.41) is 0. The summed E-state index contributed by atoms with van der Waals surface area (Å²) in [6, 6.07) is 0. The van der Waals surface area contributed by atoms with E-state index < -0.39 is 0 Å². The molecular weight excluding hydrogens is 274 g/mol. The number of nitrogens with zero attached hydrogens (tertiary/aromatic N) is 3. The van der Waals surface area contributed by atoms with E-state index >= 15 is 0 Å². The van der Waals surface area contributed by atoms with Gasteiger partial charge in [0.05, 0.1) is 5.56 Å². The Morgan fingerprint density at radius 3 is 2.19 bits per heavy atom. The van der Waals surface area contributed by atoms with E-state index in [0.29, 0.717) is 11.4 Å². The standard InChI is InChI=1S/C10H14BrN3O2/c1-12(2)8-7(5-6-11)9(15)14(4)10(16)13(8)3/h5-6H,1-4H3/b6-5+. The molecule has 0 aromatic carbocycles. The summed E-state index contributed by atoms with van der Waals surface area (Å²) in [6.45, 7) is 0. The number of hydrogen-bond donors (Lipinski definition) is 0. The van der Waals surface area contributed by atoms with Gasteiger partial charge in [-0.2, -0.15) is 0 Å². The minimum atomic E-state index is -0.333. The molecule has 0 atom stereocenters. The predicted molar refractivity (Wildman–Crippen MR) is 69.2 cm³/mol. The Labute approximate surface area is 102 Å². The van der Waals surface area contributed by atoms with Gasteiger partial charge in [-0.25, -0.2) is 4.79 Å². The average Bonchev–Trinajstić information content (AvgIpc) is 2.23. The molecule has 1 aromatic heterocycles. The summed E-state index contributed by atoms with van der Waals surface area (Å²) in [6.07, 6.45) is 1.64. The Balaban J connectivity index is 3.84. The van der Waals surface area contributed by atoms with Gasteiger partial charge in [-0.1, -0.05) is 15.9 Å². The maximum Gasteiger partial charge on any atom is 0.332 e. The molecular formula is C10H14BrN3O2. The van der Waals surface area contributed by atoms with E-state index in [4.69, 9.17) is 0 Å². The van der Waals surface area contributed by atoms with Gasteiger partial charge in [0.1, 0.15) is 5.82 Å². The van der Waals surface area contributed by atoms with E-state index in [1.807, 2.05) is 0 Å².